The summed E-state index contributed by atoms with van der Waals surface area (Å²) in [6, 6.07) is 5.61. The van der Waals surface area contributed by atoms with Crippen molar-refractivity contribution in [1.82, 2.24) is 15.0 Å². The second kappa shape index (κ2) is 4.36. The number of nitrogens with zero attached hydrogens (tertiary/aromatic N) is 3. The molecule has 0 radical (unpaired) electrons. The third-order valence-corrected chi connectivity index (χ3v) is 2.41. The highest BCUT2D eigenvalue weighted by Crippen LogP contribution is 2.17. The normalized spacial score (nSPS) is 10.3. The Morgan fingerprint density at radius 3 is 2.73 bits per heavy atom. The van der Waals surface area contributed by atoms with Crippen LogP contribution in [0.4, 0.5) is 0 Å². The third-order valence-electron chi connectivity index (χ3n) is 2.09. The predicted octanol–water partition coefficient (Wildman–Crippen LogP) is 2.75. The van der Waals surface area contributed by atoms with Gasteiger partial charge in [0.15, 0.2) is 5.82 Å². The zero-order valence-corrected chi connectivity index (χ0v) is 9.07. The van der Waals surface area contributed by atoms with Crippen molar-refractivity contribution in [2.45, 2.75) is 13.3 Å². The van der Waals surface area contributed by atoms with Crippen LogP contribution in [0.3, 0.4) is 0 Å². The van der Waals surface area contributed by atoms with E-state index in [4.69, 9.17) is 11.6 Å². The Hall–Kier alpha value is -1.48. The lowest BCUT2D eigenvalue weighted by Crippen LogP contribution is -1.95. The highest BCUT2D eigenvalue weighted by molar-refractivity contribution is 6.30. The summed E-state index contributed by atoms with van der Waals surface area (Å²) >= 11 is 6.00. The zero-order valence-electron chi connectivity index (χ0n) is 8.31. The van der Waals surface area contributed by atoms with Gasteiger partial charge in [0.05, 0.1) is 0 Å². The molecule has 0 fully saturated rings. The summed E-state index contributed by atoms with van der Waals surface area (Å²) in [5.41, 5.74) is 1.69. The van der Waals surface area contributed by atoms with Crippen LogP contribution in [0.25, 0.3) is 11.5 Å². The van der Waals surface area contributed by atoms with Gasteiger partial charge in [-0.25, -0.2) is 9.97 Å². The van der Waals surface area contributed by atoms with Crippen LogP contribution in [0.1, 0.15) is 12.5 Å². The highest BCUT2D eigenvalue weighted by Gasteiger charge is 2.05. The Balaban J connectivity index is 2.43. The minimum absolute atomic E-state index is 0.508. The first-order valence-corrected chi connectivity index (χ1v) is 5.12. The maximum absolute atomic E-state index is 6.00. The van der Waals surface area contributed by atoms with Crippen molar-refractivity contribution >= 4 is 11.6 Å². The van der Waals surface area contributed by atoms with Crippen molar-refractivity contribution in [2.24, 2.45) is 0 Å². The molecule has 0 bridgehead atoms. The van der Waals surface area contributed by atoms with Crippen LogP contribution in [0, 0.1) is 0 Å². The van der Waals surface area contributed by atoms with E-state index in [0.29, 0.717) is 11.0 Å². The largest absolute Gasteiger partial charge is 0.253 e. The monoisotopic (exact) mass is 219 g/mol. The van der Waals surface area contributed by atoms with E-state index in [1.807, 2.05) is 25.1 Å². The fraction of sp³-hybridized carbons (Fsp3) is 0.182. The van der Waals surface area contributed by atoms with Crippen LogP contribution in [0.2, 0.25) is 5.15 Å². The predicted molar refractivity (Wildman–Crippen MR) is 59.7 cm³/mol. The van der Waals surface area contributed by atoms with Gasteiger partial charge < -0.3 is 0 Å². The van der Waals surface area contributed by atoms with Crippen LogP contribution in [0.15, 0.2) is 30.6 Å². The molecule has 76 valence electrons. The molecule has 4 heteroatoms. The van der Waals surface area contributed by atoms with Crippen LogP contribution < -0.4 is 0 Å². The van der Waals surface area contributed by atoms with Gasteiger partial charge in [-0.05, 0) is 18.6 Å². The van der Waals surface area contributed by atoms with Gasteiger partial charge in [0.2, 0.25) is 0 Å². The van der Waals surface area contributed by atoms with Gasteiger partial charge in [-0.15, -0.1) is 0 Å². The molecule has 0 aliphatic heterocycles. The molecule has 0 aliphatic carbocycles. The Kier molecular flexibility index (Phi) is 2.92. The number of pyridine rings is 1. The lowest BCUT2D eigenvalue weighted by atomic mass is 10.2. The molecule has 2 aromatic rings. The smallest absolute Gasteiger partial charge is 0.179 e. The minimum Gasteiger partial charge on any atom is -0.253 e. The molecular weight excluding hydrogens is 210 g/mol. The summed E-state index contributed by atoms with van der Waals surface area (Å²) in [7, 11) is 0. The first-order chi connectivity index (χ1) is 7.31. The van der Waals surface area contributed by atoms with E-state index in [2.05, 4.69) is 15.0 Å². The van der Waals surface area contributed by atoms with Gasteiger partial charge in [0.25, 0.3) is 0 Å². The molecule has 0 amide bonds. The topological polar surface area (TPSA) is 38.7 Å². The number of halogens is 1. The molecule has 0 spiro atoms. The first kappa shape index (κ1) is 10.1. The van der Waals surface area contributed by atoms with Crippen molar-refractivity contribution in [3.8, 4) is 11.5 Å². The molecule has 3 nitrogen and oxygen atoms in total. The molecule has 0 saturated heterocycles. The molecule has 2 heterocycles. The Morgan fingerprint density at radius 1 is 1.27 bits per heavy atom. The number of hydrogen-bond donors (Lipinski definition) is 0. The van der Waals surface area contributed by atoms with Gasteiger partial charge in [-0.3, -0.25) is 4.98 Å². The molecule has 2 aromatic heterocycles. The highest BCUT2D eigenvalue weighted by atomic mass is 35.5. The summed E-state index contributed by atoms with van der Waals surface area (Å²) in [6.07, 6.45) is 4.29. The van der Waals surface area contributed by atoms with Crippen LogP contribution in [0.5, 0.6) is 0 Å². The fourth-order valence-electron chi connectivity index (χ4n) is 1.24. The Bertz CT molecular complexity index is 457. The Labute approximate surface area is 93.2 Å². The van der Waals surface area contributed by atoms with Crippen molar-refractivity contribution < 1.29 is 0 Å². The van der Waals surface area contributed by atoms with E-state index in [9.17, 15) is 0 Å². The van der Waals surface area contributed by atoms with Gasteiger partial charge in [-0.1, -0.05) is 24.6 Å². The van der Waals surface area contributed by atoms with Gasteiger partial charge in [-0.2, -0.15) is 0 Å². The quantitative estimate of drug-likeness (QED) is 0.729. The fourth-order valence-corrected chi connectivity index (χ4v) is 1.50. The summed E-state index contributed by atoms with van der Waals surface area (Å²) in [5.74, 6) is 0.567. The average molecular weight is 220 g/mol. The lowest BCUT2D eigenvalue weighted by molar-refractivity contribution is 1.04. The number of rotatable bonds is 2. The zero-order chi connectivity index (χ0) is 10.7. The second-order valence-corrected chi connectivity index (χ2v) is 3.44. The summed E-state index contributed by atoms with van der Waals surface area (Å²) < 4.78 is 0. The summed E-state index contributed by atoms with van der Waals surface area (Å²) in [5, 5.41) is 0.508. The summed E-state index contributed by atoms with van der Waals surface area (Å²) in [6.45, 7) is 2.02. The van der Waals surface area contributed by atoms with Crippen molar-refractivity contribution in [3.05, 3.63) is 41.3 Å². The molecule has 0 atom stereocenters. The molecule has 0 aromatic carbocycles. The van der Waals surface area contributed by atoms with Crippen molar-refractivity contribution in [1.29, 1.82) is 0 Å². The standard InChI is InChI=1S/C11H10ClN3/c1-2-8-7-14-11(15-10(8)12)9-5-3-4-6-13-9/h3-7H,2H2,1H3. The number of aryl methyl sites for hydroxylation is 1. The lowest BCUT2D eigenvalue weighted by Gasteiger charge is -2.02. The van der Waals surface area contributed by atoms with Crippen LogP contribution in [-0.2, 0) is 6.42 Å². The van der Waals surface area contributed by atoms with E-state index in [1.54, 1.807) is 12.4 Å². The van der Waals surface area contributed by atoms with Crippen LogP contribution >= 0.6 is 11.6 Å². The SMILES string of the molecule is CCc1cnc(-c2ccccn2)nc1Cl. The van der Waals surface area contributed by atoms with E-state index in [-0.39, 0.29) is 0 Å². The molecule has 2 rings (SSSR count). The summed E-state index contributed by atoms with van der Waals surface area (Å²) in [4.78, 5) is 12.6. The second-order valence-electron chi connectivity index (χ2n) is 3.08. The van der Waals surface area contributed by atoms with E-state index in [0.717, 1.165) is 17.7 Å². The molecule has 15 heavy (non-hydrogen) atoms. The minimum atomic E-state index is 0.508. The van der Waals surface area contributed by atoms with Gasteiger partial charge in [0, 0.05) is 18.0 Å². The number of aromatic nitrogens is 3. The average Bonchev–Trinajstić information content (AvgIpc) is 2.30. The first-order valence-electron chi connectivity index (χ1n) is 4.74. The molecule has 0 aliphatic rings. The molecular formula is C11H10ClN3. The Morgan fingerprint density at radius 2 is 2.13 bits per heavy atom. The maximum Gasteiger partial charge on any atom is 0.179 e. The van der Waals surface area contributed by atoms with Gasteiger partial charge in [0.1, 0.15) is 10.8 Å². The molecule has 0 N–H and O–H groups in total. The van der Waals surface area contributed by atoms with Crippen LogP contribution in [-0.4, -0.2) is 15.0 Å². The molecule has 0 saturated carbocycles. The van der Waals surface area contributed by atoms with E-state index < -0.39 is 0 Å². The third kappa shape index (κ3) is 2.13. The van der Waals surface area contributed by atoms with E-state index >= 15 is 0 Å². The van der Waals surface area contributed by atoms with E-state index in [1.165, 1.54) is 0 Å². The molecule has 0 unspecified atom stereocenters. The van der Waals surface area contributed by atoms with Crippen molar-refractivity contribution in [3.63, 3.8) is 0 Å². The maximum atomic E-state index is 6.00. The van der Waals surface area contributed by atoms with Crippen molar-refractivity contribution in [2.75, 3.05) is 0 Å². The number of hydrogen-bond acceptors (Lipinski definition) is 3. The van der Waals surface area contributed by atoms with Gasteiger partial charge >= 0.3 is 0 Å².